The van der Waals surface area contributed by atoms with Crippen LogP contribution in [0.3, 0.4) is 0 Å². The predicted molar refractivity (Wildman–Crippen MR) is 155 cm³/mol. The minimum atomic E-state index is 0.108. The van der Waals surface area contributed by atoms with E-state index < -0.39 is 0 Å². The van der Waals surface area contributed by atoms with E-state index in [1.54, 1.807) is 0 Å². The fourth-order valence-corrected chi connectivity index (χ4v) is 6.89. The fraction of sp³-hybridized carbons (Fsp3) is 0.636. The zero-order valence-electron chi connectivity index (χ0n) is 23.3. The molecule has 2 aromatic rings. The second-order valence-corrected chi connectivity index (χ2v) is 12.2. The van der Waals surface area contributed by atoms with Gasteiger partial charge in [-0.25, -0.2) is 0 Å². The second kappa shape index (κ2) is 14.2. The number of carbonyl (C=O) groups excluding carboxylic acids is 1. The van der Waals surface area contributed by atoms with Crippen LogP contribution in [0.5, 0.6) is 0 Å². The van der Waals surface area contributed by atoms with Crippen molar-refractivity contribution in [1.82, 2.24) is 20.1 Å². The van der Waals surface area contributed by atoms with Crippen LogP contribution in [0.15, 0.2) is 48.8 Å². The van der Waals surface area contributed by atoms with Crippen molar-refractivity contribution in [3.05, 3.63) is 65.5 Å². The van der Waals surface area contributed by atoms with E-state index in [1.807, 2.05) is 18.5 Å². The number of likely N-dealkylation sites (tertiary alicyclic amines) is 2. The topological polar surface area (TPSA) is 48.5 Å². The molecule has 0 atom stereocenters. The van der Waals surface area contributed by atoms with E-state index in [9.17, 15) is 4.79 Å². The lowest BCUT2D eigenvalue weighted by atomic mass is 9.86. The number of hydrogen-bond donors (Lipinski definition) is 1. The largest absolute Gasteiger partial charge is 0.349 e. The molecule has 5 heteroatoms. The third-order valence-electron chi connectivity index (χ3n) is 9.33. The zero-order valence-corrected chi connectivity index (χ0v) is 23.3. The third kappa shape index (κ3) is 8.38. The number of nitrogens with one attached hydrogen (secondary N) is 1. The number of piperidine rings is 2. The Bertz CT molecular complexity index is 973. The Hall–Kier alpha value is -2.24. The molecule has 0 radical (unpaired) electrons. The van der Waals surface area contributed by atoms with E-state index in [4.69, 9.17) is 0 Å². The van der Waals surface area contributed by atoms with E-state index in [0.29, 0.717) is 6.04 Å². The van der Waals surface area contributed by atoms with Crippen LogP contribution in [-0.4, -0.2) is 52.9 Å². The quantitative estimate of drug-likeness (QED) is 0.395. The first-order valence-electron chi connectivity index (χ1n) is 15.4. The highest BCUT2D eigenvalue weighted by atomic mass is 16.1. The minimum Gasteiger partial charge on any atom is -0.349 e. The summed E-state index contributed by atoms with van der Waals surface area (Å²) >= 11 is 0. The van der Waals surface area contributed by atoms with Crippen molar-refractivity contribution in [2.45, 2.75) is 96.2 Å². The standard InChI is InChI=1S/C33H48N4O/c38-33(35-32-10-2-1-3-11-32)31-9-5-8-30(24-31)26-37-22-16-28(17-23-37)7-4-6-27-14-20-36(21-15-27)25-29-12-18-34-19-13-29/h5,8-9,12-13,18-19,24,27-28,32H,1-4,6-7,10-11,14-17,20-23,25-26H2,(H,35,38). The van der Waals surface area contributed by atoms with Gasteiger partial charge in [0.15, 0.2) is 0 Å². The summed E-state index contributed by atoms with van der Waals surface area (Å²) in [6, 6.07) is 13.0. The zero-order chi connectivity index (χ0) is 26.0. The van der Waals surface area contributed by atoms with Crippen molar-refractivity contribution in [3.8, 4) is 0 Å². The summed E-state index contributed by atoms with van der Waals surface area (Å²) in [5.41, 5.74) is 3.49. The van der Waals surface area contributed by atoms with E-state index in [0.717, 1.165) is 43.3 Å². The lowest BCUT2D eigenvalue weighted by molar-refractivity contribution is 0.0927. The van der Waals surface area contributed by atoms with Crippen LogP contribution in [0, 0.1) is 11.8 Å². The summed E-state index contributed by atoms with van der Waals surface area (Å²) in [7, 11) is 0. The van der Waals surface area contributed by atoms with Gasteiger partial charge in [0.2, 0.25) is 0 Å². The van der Waals surface area contributed by atoms with Crippen LogP contribution in [0.4, 0.5) is 0 Å². The number of carbonyl (C=O) groups is 1. The predicted octanol–water partition coefficient (Wildman–Crippen LogP) is 6.44. The lowest BCUT2D eigenvalue weighted by Gasteiger charge is -2.33. The van der Waals surface area contributed by atoms with Gasteiger partial charge in [-0.3, -0.25) is 19.6 Å². The third-order valence-corrected chi connectivity index (χ3v) is 9.33. The first kappa shape index (κ1) is 27.3. The number of benzene rings is 1. The van der Waals surface area contributed by atoms with Gasteiger partial charge in [0, 0.05) is 37.1 Å². The normalized spacial score (nSPS) is 20.9. The SMILES string of the molecule is O=C(NC1CCCCC1)c1cccc(CN2CCC(CCCC3CCN(Cc4ccncc4)CC3)CC2)c1. The molecule has 0 bridgehead atoms. The molecule has 1 N–H and O–H groups in total. The summed E-state index contributed by atoms with van der Waals surface area (Å²) in [6.07, 6.45) is 19.5. The highest BCUT2D eigenvalue weighted by Crippen LogP contribution is 2.28. The molecule has 206 valence electrons. The molecule has 2 saturated heterocycles. The number of aromatic nitrogens is 1. The van der Waals surface area contributed by atoms with E-state index in [2.05, 4.69) is 50.4 Å². The fourth-order valence-electron chi connectivity index (χ4n) is 6.89. The molecule has 3 fully saturated rings. The smallest absolute Gasteiger partial charge is 0.251 e. The van der Waals surface area contributed by atoms with Crippen molar-refractivity contribution < 1.29 is 4.79 Å². The molecule has 3 aliphatic rings. The van der Waals surface area contributed by atoms with Gasteiger partial charge in [-0.2, -0.15) is 0 Å². The van der Waals surface area contributed by atoms with Gasteiger partial charge in [0.25, 0.3) is 5.91 Å². The number of pyridine rings is 1. The summed E-state index contributed by atoms with van der Waals surface area (Å²) in [5.74, 6) is 1.92. The Morgan fingerprint density at radius 3 is 2.00 bits per heavy atom. The highest BCUT2D eigenvalue weighted by Gasteiger charge is 2.22. The Kier molecular flexibility index (Phi) is 10.2. The Balaban J connectivity index is 0.961. The molecule has 5 rings (SSSR count). The minimum absolute atomic E-state index is 0.108. The van der Waals surface area contributed by atoms with Crippen molar-refractivity contribution in [2.24, 2.45) is 11.8 Å². The molecule has 0 unspecified atom stereocenters. The first-order chi connectivity index (χ1) is 18.7. The van der Waals surface area contributed by atoms with Crippen LogP contribution in [0.2, 0.25) is 0 Å². The van der Waals surface area contributed by atoms with Crippen LogP contribution < -0.4 is 5.32 Å². The van der Waals surface area contributed by atoms with Gasteiger partial charge >= 0.3 is 0 Å². The molecular weight excluding hydrogens is 468 g/mol. The van der Waals surface area contributed by atoms with Gasteiger partial charge in [-0.1, -0.05) is 50.7 Å². The van der Waals surface area contributed by atoms with Gasteiger partial charge in [-0.05, 0) is 112 Å². The maximum absolute atomic E-state index is 12.8. The molecule has 1 amide bonds. The van der Waals surface area contributed by atoms with Gasteiger partial charge in [0.05, 0.1) is 0 Å². The second-order valence-electron chi connectivity index (χ2n) is 12.2. The average Bonchev–Trinajstić information content (AvgIpc) is 2.96. The molecular formula is C33H48N4O. The molecule has 0 spiro atoms. The van der Waals surface area contributed by atoms with Crippen molar-refractivity contribution in [2.75, 3.05) is 26.2 Å². The monoisotopic (exact) mass is 516 g/mol. The van der Waals surface area contributed by atoms with E-state index in [-0.39, 0.29) is 5.91 Å². The maximum Gasteiger partial charge on any atom is 0.251 e. The average molecular weight is 517 g/mol. The molecule has 38 heavy (non-hydrogen) atoms. The van der Waals surface area contributed by atoms with Gasteiger partial charge in [0.1, 0.15) is 0 Å². The van der Waals surface area contributed by atoms with Crippen molar-refractivity contribution >= 4 is 5.91 Å². The van der Waals surface area contributed by atoms with Crippen LogP contribution in [0.25, 0.3) is 0 Å². The molecule has 1 aliphatic carbocycles. The number of rotatable bonds is 10. The summed E-state index contributed by atoms with van der Waals surface area (Å²) in [4.78, 5) is 22.1. The first-order valence-corrected chi connectivity index (χ1v) is 15.4. The molecule has 2 aliphatic heterocycles. The number of hydrogen-bond acceptors (Lipinski definition) is 4. The van der Waals surface area contributed by atoms with Gasteiger partial charge < -0.3 is 5.32 Å². The van der Waals surface area contributed by atoms with E-state index in [1.165, 1.54) is 102 Å². The summed E-state index contributed by atoms with van der Waals surface area (Å²) in [5, 5.41) is 3.27. The lowest BCUT2D eigenvalue weighted by Crippen LogP contribution is -2.36. The molecule has 3 heterocycles. The Morgan fingerprint density at radius 1 is 0.763 bits per heavy atom. The van der Waals surface area contributed by atoms with Crippen LogP contribution in [-0.2, 0) is 13.1 Å². The summed E-state index contributed by atoms with van der Waals surface area (Å²) < 4.78 is 0. The van der Waals surface area contributed by atoms with Crippen LogP contribution >= 0.6 is 0 Å². The van der Waals surface area contributed by atoms with Gasteiger partial charge in [-0.15, -0.1) is 0 Å². The Morgan fingerprint density at radius 2 is 1.37 bits per heavy atom. The van der Waals surface area contributed by atoms with Crippen molar-refractivity contribution in [1.29, 1.82) is 0 Å². The highest BCUT2D eigenvalue weighted by molar-refractivity contribution is 5.94. The van der Waals surface area contributed by atoms with E-state index >= 15 is 0 Å². The number of amides is 1. The molecule has 1 saturated carbocycles. The maximum atomic E-state index is 12.8. The Labute approximate surface area is 230 Å². The van der Waals surface area contributed by atoms with Crippen molar-refractivity contribution in [3.63, 3.8) is 0 Å². The molecule has 1 aromatic carbocycles. The van der Waals surface area contributed by atoms with Crippen LogP contribution in [0.1, 0.15) is 98.5 Å². The molecule has 1 aromatic heterocycles. The summed E-state index contributed by atoms with van der Waals surface area (Å²) in [6.45, 7) is 6.91. The number of nitrogens with zero attached hydrogens (tertiary/aromatic N) is 3. The molecule has 5 nitrogen and oxygen atoms in total.